The van der Waals surface area contributed by atoms with Crippen molar-refractivity contribution >= 4 is 24.2 Å². The third kappa shape index (κ3) is 3.14. The molecule has 108 valence electrons. The largest absolute Gasteiger partial charge is 0.496 e. The minimum atomic E-state index is -0.521. The molecular weight excluding hydrogens is 274 g/mol. The summed E-state index contributed by atoms with van der Waals surface area (Å²) in [6, 6.07) is 3.65. The number of nitrogens with zero attached hydrogens (tertiary/aromatic N) is 2. The average Bonchev–Trinajstić information content (AvgIpc) is 2.61. The van der Waals surface area contributed by atoms with Crippen LogP contribution in [0, 0.1) is 11.3 Å². The number of nitriles is 1. The zero-order chi connectivity index (χ0) is 15.6. The second kappa shape index (κ2) is 6.13. The van der Waals surface area contributed by atoms with E-state index in [1.165, 1.54) is 0 Å². The zero-order valence-corrected chi connectivity index (χ0v) is 13.6. The summed E-state index contributed by atoms with van der Waals surface area (Å²) in [5.41, 5.74) is 0.201. The van der Waals surface area contributed by atoms with Crippen LogP contribution in [0.2, 0.25) is 5.15 Å². The first-order chi connectivity index (χ1) is 9.27. The lowest BCUT2D eigenvalue weighted by molar-refractivity contribution is 0.00578. The van der Waals surface area contributed by atoms with E-state index in [-0.39, 0.29) is 5.15 Å². The van der Waals surface area contributed by atoms with E-state index >= 15 is 0 Å². The Kier molecular flexibility index (Phi) is 5.20. The van der Waals surface area contributed by atoms with Gasteiger partial charge in [-0.2, -0.15) is 5.26 Å². The maximum Gasteiger partial charge on any atom is 0.496 e. The molecule has 0 N–H and O–H groups in total. The van der Waals surface area contributed by atoms with Crippen molar-refractivity contribution in [1.82, 2.24) is 4.98 Å². The van der Waals surface area contributed by atoms with Crippen LogP contribution in [0.25, 0.3) is 0 Å². The highest BCUT2D eigenvalue weighted by Crippen LogP contribution is 2.36. The monoisotopic (exact) mass is 294 g/mol. The van der Waals surface area contributed by atoms with Gasteiger partial charge in [-0.15, -0.1) is 0 Å². The van der Waals surface area contributed by atoms with Gasteiger partial charge in [0.15, 0.2) is 0 Å². The molecular formula is C14H20BClN2O2. The topological polar surface area (TPSA) is 55.1 Å². The standard InChI is InChI=1S/C12H14BClN2O2.C2H6/c1-11(2)12(3,4)18-13(17-11)9-5-8(6-15)10(14)16-7-9;1-2/h5,7H,1-4H3;1-2H3. The lowest BCUT2D eigenvalue weighted by Gasteiger charge is -2.32. The first-order valence-corrected chi connectivity index (χ1v) is 7.06. The maximum atomic E-state index is 8.93. The van der Waals surface area contributed by atoms with E-state index in [9.17, 15) is 0 Å². The molecule has 0 radical (unpaired) electrons. The molecule has 0 bridgehead atoms. The van der Waals surface area contributed by atoms with Crippen LogP contribution in [-0.4, -0.2) is 23.3 Å². The van der Waals surface area contributed by atoms with Crippen molar-refractivity contribution in [2.45, 2.75) is 52.7 Å². The second-order valence-corrected chi connectivity index (χ2v) is 5.67. The Morgan fingerprint density at radius 1 is 1.20 bits per heavy atom. The van der Waals surface area contributed by atoms with Crippen LogP contribution < -0.4 is 5.46 Å². The third-order valence-corrected chi connectivity index (χ3v) is 3.81. The van der Waals surface area contributed by atoms with Crippen molar-refractivity contribution in [2.24, 2.45) is 0 Å². The van der Waals surface area contributed by atoms with Crippen molar-refractivity contribution < 1.29 is 9.31 Å². The fourth-order valence-corrected chi connectivity index (χ4v) is 1.80. The van der Waals surface area contributed by atoms with E-state index in [0.29, 0.717) is 11.0 Å². The summed E-state index contributed by atoms with van der Waals surface area (Å²) >= 11 is 5.80. The molecule has 0 spiro atoms. The van der Waals surface area contributed by atoms with Crippen molar-refractivity contribution in [3.05, 3.63) is 23.0 Å². The number of pyridine rings is 1. The minimum Gasteiger partial charge on any atom is -0.399 e. The van der Waals surface area contributed by atoms with Gasteiger partial charge in [-0.25, -0.2) is 4.98 Å². The van der Waals surface area contributed by atoms with Crippen LogP contribution in [-0.2, 0) is 9.31 Å². The van der Waals surface area contributed by atoms with Crippen LogP contribution in [0.15, 0.2) is 12.3 Å². The van der Waals surface area contributed by atoms with E-state index in [1.54, 1.807) is 12.3 Å². The quantitative estimate of drug-likeness (QED) is 0.590. The lowest BCUT2D eigenvalue weighted by atomic mass is 9.80. The van der Waals surface area contributed by atoms with E-state index < -0.39 is 18.3 Å². The zero-order valence-electron chi connectivity index (χ0n) is 12.8. The molecule has 1 aromatic rings. The second-order valence-electron chi connectivity index (χ2n) is 5.31. The first-order valence-electron chi connectivity index (χ1n) is 6.68. The molecule has 6 heteroatoms. The summed E-state index contributed by atoms with van der Waals surface area (Å²) in [6.07, 6.45) is 1.57. The summed E-state index contributed by atoms with van der Waals surface area (Å²) in [5.74, 6) is 0. The van der Waals surface area contributed by atoms with Crippen LogP contribution in [0.4, 0.5) is 0 Å². The Labute approximate surface area is 126 Å². The van der Waals surface area contributed by atoms with Gasteiger partial charge in [0.05, 0.1) is 16.8 Å². The predicted octanol–water partition coefficient (Wildman–Crippen LogP) is 2.93. The van der Waals surface area contributed by atoms with Gasteiger partial charge in [-0.05, 0) is 33.8 Å². The van der Waals surface area contributed by atoms with E-state index in [4.69, 9.17) is 26.2 Å². The summed E-state index contributed by atoms with van der Waals surface area (Å²) in [5, 5.41) is 9.13. The minimum absolute atomic E-state index is 0.192. The predicted molar refractivity (Wildman–Crippen MR) is 81.0 cm³/mol. The first kappa shape index (κ1) is 17.0. The molecule has 0 aromatic carbocycles. The Balaban J connectivity index is 0.000000956. The maximum absolute atomic E-state index is 8.93. The molecule has 0 unspecified atom stereocenters. The summed E-state index contributed by atoms with van der Waals surface area (Å²) in [7, 11) is -0.521. The molecule has 0 atom stereocenters. The summed E-state index contributed by atoms with van der Waals surface area (Å²) < 4.78 is 11.7. The Morgan fingerprint density at radius 2 is 1.70 bits per heavy atom. The van der Waals surface area contributed by atoms with Crippen molar-refractivity contribution in [1.29, 1.82) is 5.26 Å². The molecule has 0 aliphatic carbocycles. The highest BCUT2D eigenvalue weighted by molar-refractivity contribution is 6.62. The fraction of sp³-hybridized carbons (Fsp3) is 0.571. The van der Waals surface area contributed by atoms with Crippen molar-refractivity contribution in [3.63, 3.8) is 0 Å². The Bertz CT molecular complexity index is 510. The van der Waals surface area contributed by atoms with Crippen molar-refractivity contribution in [2.75, 3.05) is 0 Å². The number of aromatic nitrogens is 1. The molecule has 4 nitrogen and oxygen atoms in total. The molecule has 0 amide bonds. The average molecular weight is 295 g/mol. The summed E-state index contributed by atoms with van der Waals surface area (Å²) in [4.78, 5) is 3.97. The molecule has 2 rings (SSSR count). The van der Waals surface area contributed by atoms with Gasteiger partial charge in [0.1, 0.15) is 11.2 Å². The molecule has 2 heterocycles. The molecule has 1 saturated heterocycles. The molecule has 0 saturated carbocycles. The van der Waals surface area contributed by atoms with Crippen LogP contribution in [0.5, 0.6) is 0 Å². The third-order valence-electron chi connectivity index (χ3n) is 3.51. The normalized spacial score (nSPS) is 19.0. The molecule has 1 aromatic heterocycles. The van der Waals surface area contributed by atoms with Crippen molar-refractivity contribution in [3.8, 4) is 6.07 Å². The lowest BCUT2D eigenvalue weighted by Crippen LogP contribution is -2.41. The number of hydrogen-bond acceptors (Lipinski definition) is 4. The Hall–Kier alpha value is -1.09. The SMILES string of the molecule is CC.CC1(C)OB(c2cnc(Cl)c(C#N)c2)OC1(C)C. The number of halogens is 1. The highest BCUT2D eigenvalue weighted by Gasteiger charge is 2.51. The fourth-order valence-electron chi connectivity index (χ4n) is 1.65. The van der Waals surface area contributed by atoms with Gasteiger partial charge in [0.2, 0.25) is 0 Å². The molecule has 1 fully saturated rings. The van der Waals surface area contributed by atoms with Gasteiger partial charge >= 0.3 is 7.12 Å². The van der Waals surface area contributed by atoms with Gasteiger partial charge in [-0.3, -0.25) is 0 Å². The van der Waals surface area contributed by atoms with Crippen LogP contribution in [0.3, 0.4) is 0 Å². The van der Waals surface area contributed by atoms with Crippen LogP contribution >= 0.6 is 11.6 Å². The van der Waals surface area contributed by atoms with Gasteiger partial charge in [0, 0.05) is 11.7 Å². The highest BCUT2D eigenvalue weighted by atomic mass is 35.5. The molecule has 1 aliphatic heterocycles. The smallest absolute Gasteiger partial charge is 0.399 e. The van der Waals surface area contributed by atoms with Gasteiger partial charge in [-0.1, -0.05) is 25.4 Å². The van der Waals surface area contributed by atoms with E-state index in [1.807, 2.05) is 47.6 Å². The molecule has 20 heavy (non-hydrogen) atoms. The van der Waals surface area contributed by atoms with Crippen LogP contribution in [0.1, 0.15) is 47.1 Å². The van der Waals surface area contributed by atoms with Gasteiger partial charge < -0.3 is 9.31 Å². The Morgan fingerprint density at radius 3 is 2.15 bits per heavy atom. The molecule has 1 aliphatic rings. The van der Waals surface area contributed by atoms with E-state index in [2.05, 4.69) is 4.98 Å². The summed E-state index contributed by atoms with van der Waals surface area (Å²) in [6.45, 7) is 11.9. The van der Waals surface area contributed by atoms with E-state index in [0.717, 1.165) is 0 Å². The number of rotatable bonds is 1. The van der Waals surface area contributed by atoms with Gasteiger partial charge in [0.25, 0.3) is 0 Å². The number of hydrogen-bond donors (Lipinski definition) is 0.